The van der Waals surface area contributed by atoms with Crippen LogP contribution in [0.4, 0.5) is 11.5 Å². The molecule has 3 N–H and O–H groups in total. The fourth-order valence-corrected chi connectivity index (χ4v) is 2.27. The van der Waals surface area contributed by atoms with Crippen LogP contribution in [0, 0.1) is 6.92 Å². The normalized spacial score (nSPS) is 11.5. The molecule has 4 nitrogen and oxygen atoms in total. The second-order valence-corrected chi connectivity index (χ2v) is 5.35. The van der Waals surface area contributed by atoms with Gasteiger partial charge in [0.25, 0.3) is 0 Å². The molecule has 0 aliphatic carbocycles. The van der Waals surface area contributed by atoms with Gasteiger partial charge in [-0.3, -0.25) is 0 Å². The van der Waals surface area contributed by atoms with Gasteiger partial charge >= 0.3 is 0 Å². The van der Waals surface area contributed by atoms with Crippen molar-refractivity contribution in [2.24, 2.45) is 0 Å². The van der Waals surface area contributed by atoms with Gasteiger partial charge in [-0.05, 0) is 32.9 Å². The van der Waals surface area contributed by atoms with Crippen molar-refractivity contribution in [2.75, 3.05) is 11.1 Å². The lowest BCUT2D eigenvalue weighted by molar-refractivity contribution is 0.601. The topological polar surface area (TPSA) is 63.8 Å². The largest absolute Gasteiger partial charge is 0.397 e. The van der Waals surface area contributed by atoms with Crippen LogP contribution in [0.25, 0.3) is 0 Å². The Balaban J connectivity index is 2.23. The molecule has 2 heterocycles. The van der Waals surface area contributed by atoms with E-state index < -0.39 is 0 Å². The van der Waals surface area contributed by atoms with Gasteiger partial charge in [0, 0.05) is 11.6 Å². The summed E-state index contributed by atoms with van der Waals surface area (Å²) in [5.74, 6) is 0.817. The molecule has 2 aromatic rings. The van der Waals surface area contributed by atoms with Crippen molar-refractivity contribution in [2.45, 2.75) is 26.3 Å². The number of aryl methyl sites for hydroxylation is 1. The van der Waals surface area contributed by atoms with E-state index in [9.17, 15) is 0 Å². The molecule has 0 aliphatic rings. The summed E-state index contributed by atoms with van der Waals surface area (Å²) in [7, 11) is 0. The van der Waals surface area contributed by atoms with Crippen molar-refractivity contribution in [3.63, 3.8) is 0 Å². The van der Waals surface area contributed by atoms with Gasteiger partial charge < -0.3 is 11.1 Å². The van der Waals surface area contributed by atoms with E-state index in [0.717, 1.165) is 16.5 Å². The fourth-order valence-electron chi connectivity index (χ4n) is 1.55. The summed E-state index contributed by atoms with van der Waals surface area (Å²) in [6.45, 7) is 6.06. The van der Waals surface area contributed by atoms with Gasteiger partial charge in [0.05, 0.1) is 16.9 Å². The smallest absolute Gasteiger partial charge is 0.127 e. The molecule has 90 valence electrons. The van der Waals surface area contributed by atoms with Gasteiger partial charge in [-0.1, -0.05) is 0 Å². The highest BCUT2D eigenvalue weighted by atomic mass is 32.1. The molecular formula is C12H16N4S. The number of nitrogens with two attached hydrogens (primary N) is 1. The monoisotopic (exact) mass is 248 g/mol. The van der Waals surface area contributed by atoms with E-state index in [0.29, 0.717) is 5.69 Å². The molecule has 0 radical (unpaired) electrons. The molecule has 0 atom stereocenters. The summed E-state index contributed by atoms with van der Waals surface area (Å²) < 4.78 is 0. The molecule has 2 aromatic heterocycles. The van der Waals surface area contributed by atoms with Crippen molar-refractivity contribution >= 4 is 22.8 Å². The number of hydrogen-bond acceptors (Lipinski definition) is 5. The molecule has 2 rings (SSSR count). The zero-order valence-electron chi connectivity index (χ0n) is 10.2. The quantitative estimate of drug-likeness (QED) is 0.876. The molecule has 17 heavy (non-hydrogen) atoms. The summed E-state index contributed by atoms with van der Waals surface area (Å²) in [5.41, 5.74) is 7.06. The molecule has 0 aliphatic heterocycles. The predicted octanol–water partition coefficient (Wildman–Crippen LogP) is 2.78. The Bertz CT molecular complexity index is 505. The molecule has 0 fully saturated rings. The minimum absolute atomic E-state index is 0.232. The SMILES string of the molecule is Cc1nc(NC(C)(C)c2nccs2)ccc1N. The molecule has 0 saturated carbocycles. The number of pyridine rings is 1. The summed E-state index contributed by atoms with van der Waals surface area (Å²) in [4.78, 5) is 8.74. The van der Waals surface area contributed by atoms with E-state index in [1.165, 1.54) is 0 Å². The van der Waals surface area contributed by atoms with Gasteiger partial charge in [-0.25, -0.2) is 9.97 Å². The zero-order valence-corrected chi connectivity index (χ0v) is 11.0. The number of thiazole rings is 1. The van der Waals surface area contributed by atoms with Crippen LogP contribution in [0.3, 0.4) is 0 Å². The third-order valence-corrected chi connectivity index (χ3v) is 3.63. The van der Waals surface area contributed by atoms with E-state index in [4.69, 9.17) is 5.73 Å². The molecule has 0 aromatic carbocycles. The van der Waals surface area contributed by atoms with Gasteiger partial charge in [0.1, 0.15) is 10.8 Å². The lowest BCUT2D eigenvalue weighted by Crippen LogP contribution is -2.28. The zero-order chi connectivity index (χ0) is 12.5. The third kappa shape index (κ3) is 2.55. The minimum atomic E-state index is -0.232. The first-order valence-electron chi connectivity index (χ1n) is 5.40. The maximum absolute atomic E-state index is 5.75. The first kappa shape index (κ1) is 11.9. The van der Waals surface area contributed by atoms with Crippen molar-refractivity contribution in [3.8, 4) is 0 Å². The Morgan fingerprint density at radius 3 is 2.71 bits per heavy atom. The van der Waals surface area contributed by atoms with Gasteiger partial charge in [-0.2, -0.15) is 0 Å². The number of nitrogens with one attached hydrogen (secondary N) is 1. The molecule has 0 saturated heterocycles. The first-order valence-corrected chi connectivity index (χ1v) is 6.28. The van der Waals surface area contributed by atoms with E-state index in [1.807, 2.05) is 30.6 Å². The molecule has 0 spiro atoms. The number of hydrogen-bond donors (Lipinski definition) is 2. The van der Waals surface area contributed by atoms with Crippen molar-refractivity contribution in [1.29, 1.82) is 0 Å². The van der Waals surface area contributed by atoms with Gasteiger partial charge in [-0.15, -0.1) is 11.3 Å². The van der Waals surface area contributed by atoms with Crippen molar-refractivity contribution in [3.05, 3.63) is 34.4 Å². The Morgan fingerprint density at radius 1 is 1.35 bits per heavy atom. The second kappa shape index (κ2) is 4.33. The number of rotatable bonds is 3. The average molecular weight is 248 g/mol. The van der Waals surface area contributed by atoms with Gasteiger partial charge in [0.15, 0.2) is 0 Å². The van der Waals surface area contributed by atoms with E-state index in [-0.39, 0.29) is 5.54 Å². The van der Waals surface area contributed by atoms with Crippen LogP contribution < -0.4 is 11.1 Å². The predicted molar refractivity (Wildman–Crippen MR) is 72.1 cm³/mol. The number of nitrogens with zero attached hydrogens (tertiary/aromatic N) is 2. The van der Waals surface area contributed by atoms with Crippen molar-refractivity contribution < 1.29 is 0 Å². The Labute approximate surface area is 105 Å². The van der Waals surface area contributed by atoms with Crippen LogP contribution >= 0.6 is 11.3 Å². The van der Waals surface area contributed by atoms with E-state index in [1.54, 1.807) is 11.3 Å². The number of nitrogen functional groups attached to an aromatic ring is 1. The summed E-state index contributed by atoms with van der Waals surface area (Å²) in [6, 6.07) is 3.75. The van der Waals surface area contributed by atoms with E-state index >= 15 is 0 Å². The van der Waals surface area contributed by atoms with Crippen LogP contribution in [0.5, 0.6) is 0 Å². The van der Waals surface area contributed by atoms with Crippen molar-refractivity contribution in [1.82, 2.24) is 9.97 Å². The highest BCUT2D eigenvalue weighted by Crippen LogP contribution is 2.26. The number of anilines is 2. The fraction of sp³-hybridized carbons (Fsp3) is 0.333. The standard InChI is InChI=1S/C12H16N4S/c1-8-9(13)4-5-10(15-8)16-12(2,3)11-14-6-7-17-11/h4-7H,13H2,1-3H3,(H,15,16). The highest BCUT2D eigenvalue weighted by Gasteiger charge is 2.23. The Morgan fingerprint density at radius 2 is 2.12 bits per heavy atom. The first-order chi connectivity index (χ1) is 7.99. The van der Waals surface area contributed by atoms with Crippen LogP contribution in [-0.4, -0.2) is 9.97 Å². The highest BCUT2D eigenvalue weighted by molar-refractivity contribution is 7.09. The van der Waals surface area contributed by atoms with Crippen LogP contribution in [0.15, 0.2) is 23.7 Å². The van der Waals surface area contributed by atoms with Crippen LogP contribution in [0.1, 0.15) is 24.5 Å². The maximum atomic E-state index is 5.75. The Hall–Kier alpha value is -1.62. The summed E-state index contributed by atoms with van der Waals surface area (Å²) in [6.07, 6.45) is 1.81. The van der Waals surface area contributed by atoms with Crippen LogP contribution in [-0.2, 0) is 5.54 Å². The molecule has 0 amide bonds. The average Bonchev–Trinajstić information content (AvgIpc) is 2.77. The van der Waals surface area contributed by atoms with E-state index in [2.05, 4.69) is 29.1 Å². The second-order valence-electron chi connectivity index (χ2n) is 4.46. The van der Waals surface area contributed by atoms with Gasteiger partial charge in [0.2, 0.25) is 0 Å². The lowest BCUT2D eigenvalue weighted by Gasteiger charge is -2.24. The third-order valence-electron chi connectivity index (χ3n) is 2.53. The minimum Gasteiger partial charge on any atom is -0.397 e. The summed E-state index contributed by atoms with van der Waals surface area (Å²) in [5, 5.41) is 6.38. The number of aromatic nitrogens is 2. The molecular weight excluding hydrogens is 232 g/mol. The summed E-state index contributed by atoms with van der Waals surface area (Å²) >= 11 is 1.63. The molecule has 5 heteroatoms. The maximum Gasteiger partial charge on any atom is 0.127 e. The lowest BCUT2D eigenvalue weighted by atomic mass is 10.1. The molecule has 0 bridgehead atoms. The molecule has 0 unspecified atom stereocenters. The van der Waals surface area contributed by atoms with Crippen LogP contribution in [0.2, 0.25) is 0 Å². The Kier molecular flexibility index (Phi) is 3.02.